The summed E-state index contributed by atoms with van der Waals surface area (Å²) in [5, 5.41) is 0. The summed E-state index contributed by atoms with van der Waals surface area (Å²) < 4.78 is 5.24. The zero-order chi connectivity index (χ0) is 16.9. The highest BCUT2D eigenvalue weighted by Gasteiger charge is 2.31. The van der Waals surface area contributed by atoms with Crippen molar-refractivity contribution in [3.63, 3.8) is 0 Å². The van der Waals surface area contributed by atoms with Crippen LogP contribution < -0.4 is 4.74 Å². The maximum atomic E-state index is 12.9. The molecule has 1 aliphatic heterocycles. The summed E-state index contributed by atoms with van der Waals surface area (Å²) >= 11 is 0. The first kappa shape index (κ1) is 17.3. The topological polar surface area (TPSA) is 32.8 Å². The number of hydrogen-bond acceptors (Lipinski definition) is 3. The van der Waals surface area contributed by atoms with Crippen molar-refractivity contribution in [3.05, 3.63) is 29.8 Å². The summed E-state index contributed by atoms with van der Waals surface area (Å²) in [5.74, 6) is 1.15. The Morgan fingerprint density at radius 1 is 1.12 bits per heavy atom. The number of rotatable bonds is 5. The van der Waals surface area contributed by atoms with E-state index in [0.29, 0.717) is 12.6 Å². The van der Waals surface area contributed by atoms with E-state index in [1.165, 1.54) is 37.7 Å². The van der Waals surface area contributed by atoms with Crippen molar-refractivity contribution in [1.82, 2.24) is 9.80 Å². The molecular formula is C20H30N2O2. The van der Waals surface area contributed by atoms with Crippen LogP contribution in [-0.4, -0.2) is 49.0 Å². The van der Waals surface area contributed by atoms with Crippen LogP contribution in [0.3, 0.4) is 0 Å². The number of methoxy groups -OCH3 is 1. The number of ether oxygens (including phenoxy) is 1. The number of hydrogen-bond donors (Lipinski definition) is 0. The summed E-state index contributed by atoms with van der Waals surface area (Å²) in [6, 6.07) is 8.99. The van der Waals surface area contributed by atoms with E-state index in [2.05, 4.69) is 29.0 Å². The smallest absolute Gasteiger partial charge is 0.237 e. The Morgan fingerprint density at radius 2 is 1.83 bits per heavy atom. The van der Waals surface area contributed by atoms with Gasteiger partial charge in [0.15, 0.2) is 0 Å². The van der Waals surface area contributed by atoms with E-state index in [4.69, 9.17) is 4.74 Å². The second-order valence-corrected chi connectivity index (χ2v) is 7.23. The minimum Gasteiger partial charge on any atom is -0.497 e. The van der Waals surface area contributed by atoms with E-state index < -0.39 is 0 Å². The molecule has 1 unspecified atom stereocenters. The lowest BCUT2D eigenvalue weighted by atomic mass is 9.94. The van der Waals surface area contributed by atoms with Gasteiger partial charge in [-0.3, -0.25) is 9.69 Å². The normalized spacial score (nSPS) is 22.1. The number of likely N-dealkylation sites (tertiary alicyclic amines) is 1. The highest BCUT2D eigenvalue weighted by atomic mass is 16.5. The predicted molar refractivity (Wildman–Crippen MR) is 96.2 cm³/mol. The van der Waals surface area contributed by atoms with Gasteiger partial charge in [-0.2, -0.15) is 0 Å². The van der Waals surface area contributed by atoms with E-state index in [9.17, 15) is 4.79 Å². The first-order valence-electron chi connectivity index (χ1n) is 9.32. The fourth-order valence-corrected chi connectivity index (χ4v) is 4.19. The molecule has 0 N–H and O–H groups in total. The Bertz CT molecular complexity index is 537. The summed E-state index contributed by atoms with van der Waals surface area (Å²) in [4.78, 5) is 17.2. The van der Waals surface area contributed by atoms with Gasteiger partial charge in [-0.05, 0) is 50.4 Å². The number of amides is 1. The standard InChI is InChI=1S/C20H30N2O2/c1-21(17-7-4-3-5-8-17)15-20(23)22-14-6-9-19(22)16-10-12-18(24-2)13-11-16/h10-13,17,19H,3-9,14-15H2,1-2H3. The van der Waals surface area contributed by atoms with Crippen molar-refractivity contribution in [3.8, 4) is 5.75 Å². The quantitative estimate of drug-likeness (QED) is 0.826. The van der Waals surface area contributed by atoms with Crippen molar-refractivity contribution in [2.75, 3.05) is 27.2 Å². The third kappa shape index (κ3) is 3.92. The zero-order valence-corrected chi connectivity index (χ0v) is 15.0. The number of likely N-dealkylation sites (N-methyl/N-ethyl adjacent to an activating group) is 1. The minimum atomic E-state index is 0.225. The molecule has 0 spiro atoms. The second-order valence-electron chi connectivity index (χ2n) is 7.23. The van der Waals surface area contributed by atoms with Crippen LogP contribution in [0.5, 0.6) is 5.75 Å². The Morgan fingerprint density at radius 3 is 2.50 bits per heavy atom. The molecule has 3 rings (SSSR count). The maximum Gasteiger partial charge on any atom is 0.237 e. The van der Waals surface area contributed by atoms with Gasteiger partial charge in [-0.1, -0.05) is 31.4 Å². The molecule has 0 aromatic heterocycles. The van der Waals surface area contributed by atoms with Crippen molar-refractivity contribution in [1.29, 1.82) is 0 Å². The predicted octanol–water partition coefficient (Wildman–Crippen LogP) is 3.62. The average Bonchev–Trinajstić information content (AvgIpc) is 3.12. The Kier molecular flexibility index (Phi) is 5.77. The van der Waals surface area contributed by atoms with E-state index in [0.717, 1.165) is 25.1 Å². The lowest BCUT2D eigenvalue weighted by Gasteiger charge is -2.33. The highest BCUT2D eigenvalue weighted by Crippen LogP contribution is 2.33. The molecular weight excluding hydrogens is 300 g/mol. The first-order chi connectivity index (χ1) is 11.7. The summed E-state index contributed by atoms with van der Waals surface area (Å²) in [6.07, 6.45) is 8.60. The molecule has 1 saturated carbocycles. The van der Waals surface area contributed by atoms with Crippen LogP contribution in [0.25, 0.3) is 0 Å². The van der Waals surface area contributed by atoms with Crippen LogP contribution in [0.2, 0.25) is 0 Å². The summed E-state index contributed by atoms with van der Waals surface area (Å²) in [5.41, 5.74) is 1.22. The van der Waals surface area contributed by atoms with Gasteiger partial charge in [0.05, 0.1) is 19.7 Å². The fourth-order valence-electron chi connectivity index (χ4n) is 4.19. The van der Waals surface area contributed by atoms with Crippen LogP contribution >= 0.6 is 0 Å². The second kappa shape index (κ2) is 8.02. The third-order valence-electron chi connectivity index (χ3n) is 5.66. The highest BCUT2D eigenvalue weighted by molar-refractivity contribution is 5.79. The molecule has 1 amide bonds. The molecule has 0 radical (unpaired) electrons. The Labute approximate surface area is 145 Å². The molecule has 24 heavy (non-hydrogen) atoms. The molecule has 1 aromatic rings. The fraction of sp³-hybridized carbons (Fsp3) is 0.650. The molecule has 1 aliphatic carbocycles. The minimum absolute atomic E-state index is 0.225. The average molecular weight is 330 g/mol. The van der Waals surface area contributed by atoms with Gasteiger partial charge in [0.25, 0.3) is 0 Å². The molecule has 2 fully saturated rings. The molecule has 4 nitrogen and oxygen atoms in total. The molecule has 1 saturated heterocycles. The molecule has 1 aromatic carbocycles. The van der Waals surface area contributed by atoms with Crippen LogP contribution in [0.4, 0.5) is 0 Å². The third-order valence-corrected chi connectivity index (χ3v) is 5.66. The van der Waals surface area contributed by atoms with Gasteiger partial charge >= 0.3 is 0 Å². The molecule has 0 bridgehead atoms. The van der Waals surface area contributed by atoms with Gasteiger partial charge in [-0.15, -0.1) is 0 Å². The number of nitrogens with zero attached hydrogens (tertiary/aromatic N) is 2. The van der Waals surface area contributed by atoms with Gasteiger partial charge in [0, 0.05) is 12.6 Å². The Hall–Kier alpha value is -1.55. The van der Waals surface area contributed by atoms with E-state index in [1.54, 1.807) is 7.11 Å². The summed E-state index contributed by atoms with van der Waals surface area (Å²) in [7, 11) is 3.80. The first-order valence-corrected chi connectivity index (χ1v) is 9.32. The van der Waals surface area contributed by atoms with E-state index >= 15 is 0 Å². The van der Waals surface area contributed by atoms with E-state index in [-0.39, 0.29) is 11.9 Å². The van der Waals surface area contributed by atoms with Crippen molar-refractivity contribution >= 4 is 5.91 Å². The van der Waals surface area contributed by atoms with Crippen LogP contribution in [0.1, 0.15) is 56.6 Å². The zero-order valence-electron chi connectivity index (χ0n) is 15.0. The molecule has 4 heteroatoms. The van der Waals surface area contributed by atoms with Crippen molar-refractivity contribution in [2.45, 2.75) is 57.0 Å². The van der Waals surface area contributed by atoms with Crippen molar-refractivity contribution in [2.24, 2.45) is 0 Å². The lowest BCUT2D eigenvalue weighted by molar-refractivity contribution is -0.133. The van der Waals surface area contributed by atoms with Gasteiger partial charge in [-0.25, -0.2) is 0 Å². The van der Waals surface area contributed by atoms with Gasteiger partial charge in [0.1, 0.15) is 5.75 Å². The maximum absolute atomic E-state index is 12.9. The molecule has 2 aliphatic rings. The SMILES string of the molecule is COc1ccc(C2CCCN2C(=O)CN(C)C2CCCCC2)cc1. The summed E-state index contributed by atoms with van der Waals surface area (Å²) in [6.45, 7) is 1.44. The number of benzene rings is 1. The van der Waals surface area contributed by atoms with Gasteiger partial charge in [0.2, 0.25) is 5.91 Å². The van der Waals surface area contributed by atoms with Crippen molar-refractivity contribution < 1.29 is 9.53 Å². The molecule has 132 valence electrons. The van der Waals surface area contributed by atoms with Crippen LogP contribution in [-0.2, 0) is 4.79 Å². The number of carbonyl (C=O) groups is 1. The molecule has 1 atom stereocenters. The van der Waals surface area contributed by atoms with E-state index in [1.807, 2.05) is 12.1 Å². The Balaban J connectivity index is 1.62. The van der Waals surface area contributed by atoms with Crippen LogP contribution in [0.15, 0.2) is 24.3 Å². The molecule has 1 heterocycles. The van der Waals surface area contributed by atoms with Crippen LogP contribution in [0, 0.1) is 0 Å². The largest absolute Gasteiger partial charge is 0.497 e. The number of carbonyl (C=O) groups excluding carboxylic acids is 1. The monoisotopic (exact) mass is 330 g/mol. The lowest BCUT2D eigenvalue weighted by Crippen LogP contribution is -2.43. The van der Waals surface area contributed by atoms with Gasteiger partial charge < -0.3 is 9.64 Å².